The summed E-state index contributed by atoms with van der Waals surface area (Å²) in [5, 5.41) is 10.6. The first-order chi connectivity index (χ1) is 16.0. The first-order valence-corrected chi connectivity index (χ1v) is 11.4. The second-order valence-corrected chi connectivity index (χ2v) is 8.43. The van der Waals surface area contributed by atoms with E-state index in [2.05, 4.69) is 32.8 Å². The van der Waals surface area contributed by atoms with Gasteiger partial charge in [0.25, 0.3) is 5.91 Å². The van der Waals surface area contributed by atoms with Crippen molar-refractivity contribution in [1.82, 2.24) is 9.97 Å². The molecule has 3 aromatic rings. The normalized spacial score (nSPS) is 18.2. The van der Waals surface area contributed by atoms with Crippen LogP contribution in [-0.4, -0.2) is 34.5 Å². The predicted molar refractivity (Wildman–Crippen MR) is 130 cm³/mol. The van der Waals surface area contributed by atoms with Crippen LogP contribution in [0.1, 0.15) is 49.4 Å². The molecule has 4 rings (SSSR count). The Bertz CT molecular complexity index is 1150. The zero-order valence-corrected chi connectivity index (χ0v) is 18.7. The maximum absolute atomic E-state index is 14.8. The summed E-state index contributed by atoms with van der Waals surface area (Å²) in [5.74, 6) is -1.17. The number of fused-ring (bicyclic) bond motifs is 1. The van der Waals surface area contributed by atoms with Gasteiger partial charge < -0.3 is 27.4 Å². The largest absolute Gasteiger partial charge is 0.383 e. The lowest BCUT2D eigenvalue weighted by molar-refractivity contribution is 0.100. The molecule has 1 fully saturated rings. The maximum atomic E-state index is 14.8. The first kappa shape index (κ1) is 22.7. The van der Waals surface area contributed by atoms with Crippen LogP contribution in [0.3, 0.4) is 0 Å². The van der Waals surface area contributed by atoms with E-state index in [4.69, 9.17) is 11.5 Å². The van der Waals surface area contributed by atoms with E-state index in [1.165, 1.54) is 0 Å². The number of rotatable bonds is 8. The number of nitrogens with zero attached hydrogens (tertiary/aromatic N) is 2. The minimum absolute atomic E-state index is 0.0275. The molecule has 1 aliphatic rings. The van der Waals surface area contributed by atoms with E-state index in [-0.39, 0.29) is 29.3 Å². The Kier molecular flexibility index (Phi) is 6.88. The van der Waals surface area contributed by atoms with Crippen LogP contribution in [0.5, 0.6) is 0 Å². The summed E-state index contributed by atoms with van der Waals surface area (Å²) in [4.78, 5) is 20.9. The molecule has 2 atom stereocenters. The fraction of sp³-hybridized carbons (Fsp3) is 0.375. The number of hydrogen-bond acceptors (Lipinski definition) is 7. The molecule has 1 saturated carbocycles. The van der Waals surface area contributed by atoms with Gasteiger partial charge in [0.05, 0.1) is 16.8 Å². The Morgan fingerprint density at radius 3 is 2.79 bits per heavy atom. The summed E-state index contributed by atoms with van der Waals surface area (Å²) in [6.07, 6.45) is 6.50. The van der Waals surface area contributed by atoms with Gasteiger partial charge in [0.1, 0.15) is 5.82 Å². The van der Waals surface area contributed by atoms with Crippen LogP contribution in [0.4, 0.5) is 27.4 Å². The van der Waals surface area contributed by atoms with Crippen LogP contribution in [0, 0.1) is 5.82 Å². The molecule has 0 unspecified atom stereocenters. The van der Waals surface area contributed by atoms with E-state index in [0.717, 1.165) is 61.3 Å². The number of carbonyl (C=O) groups is 1. The second-order valence-electron chi connectivity index (χ2n) is 8.43. The number of hydrogen-bond donors (Lipinski definition) is 5. The van der Waals surface area contributed by atoms with Crippen molar-refractivity contribution in [3.63, 3.8) is 0 Å². The van der Waals surface area contributed by atoms with E-state index in [9.17, 15) is 9.18 Å². The molecule has 174 valence electrons. The zero-order chi connectivity index (χ0) is 23.4. The topological polar surface area (TPSA) is 131 Å². The van der Waals surface area contributed by atoms with Gasteiger partial charge in [0, 0.05) is 35.9 Å². The van der Waals surface area contributed by atoms with Gasteiger partial charge in [-0.05, 0) is 43.5 Å². The number of benzene rings is 1. The molecule has 7 N–H and O–H groups in total. The molecule has 0 spiro atoms. The predicted octanol–water partition coefficient (Wildman–Crippen LogP) is 4.12. The number of halogens is 1. The molecule has 1 aromatic carbocycles. The number of pyridine rings is 2. The average molecular weight is 452 g/mol. The van der Waals surface area contributed by atoms with Crippen LogP contribution < -0.4 is 27.4 Å². The standard InChI is InChI=1S/C24H30FN7O/c1-2-9-28-20-12-15(11-14-6-5-10-29-21(14)20)30-23-16(22(27)33)13-17(25)24(32-23)31-19-8-4-3-7-18(19)26/h5-6,10-13,18-19,28H,2-4,7-9,26H2,1H3,(H2,27,33)(H2,30,31,32)/t18-,19+/m0/s1. The maximum Gasteiger partial charge on any atom is 0.252 e. The summed E-state index contributed by atoms with van der Waals surface area (Å²) in [7, 11) is 0. The third-order valence-corrected chi connectivity index (χ3v) is 5.92. The zero-order valence-electron chi connectivity index (χ0n) is 18.7. The number of nitrogens with two attached hydrogens (primary N) is 2. The Hall–Kier alpha value is -3.46. The van der Waals surface area contributed by atoms with Gasteiger partial charge in [-0.2, -0.15) is 0 Å². The van der Waals surface area contributed by atoms with Gasteiger partial charge in [0.2, 0.25) is 0 Å². The fourth-order valence-electron chi connectivity index (χ4n) is 4.18. The van der Waals surface area contributed by atoms with Gasteiger partial charge in [-0.15, -0.1) is 0 Å². The Balaban J connectivity index is 1.70. The van der Waals surface area contributed by atoms with E-state index < -0.39 is 11.7 Å². The van der Waals surface area contributed by atoms with Crippen molar-refractivity contribution in [3.8, 4) is 0 Å². The SMILES string of the molecule is CCCNc1cc(Nc2nc(N[C@@H]3CCCC[C@@H]3N)c(F)cc2C(N)=O)cc2cccnc12. The van der Waals surface area contributed by atoms with E-state index in [1.54, 1.807) is 6.20 Å². The molecular weight excluding hydrogens is 421 g/mol. The highest BCUT2D eigenvalue weighted by Gasteiger charge is 2.24. The van der Waals surface area contributed by atoms with Gasteiger partial charge in [-0.25, -0.2) is 9.37 Å². The lowest BCUT2D eigenvalue weighted by Gasteiger charge is -2.30. The third kappa shape index (κ3) is 5.14. The van der Waals surface area contributed by atoms with Crippen LogP contribution >= 0.6 is 0 Å². The Morgan fingerprint density at radius 2 is 2.03 bits per heavy atom. The van der Waals surface area contributed by atoms with Gasteiger partial charge in [-0.1, -0.05) is 25.8 Å². The smallest absolute Gasteiger partial charge is 0.252 e. The van der Waals surface area contributed by atoms with E-state index >= 15 is 0 Å². The number of anilines is 4. The molecule has 0 radical (unpaired) electrons. The van der Waals surface area contributed by atoms with Crippen molar-refractivity contribution in [3.05, 3.63) is 47.9 Å². The molecule has 0 saturated heterocycles. The molecule has 1 aliphatic carbocycles. The summed E-state index contributed by atoms with van der Waals surface area (Å²) in [5.41, 5.74) is 14.1. The van der Waals surface area contributed by atoms with Crippen molar-refractivity contribution in [2.75, 3.05) is 22.5 Å². The molecular formula is C24H30FN7O. The number of nitrogens with one attached hydrogen (secondary N) is 3. The molecule has 0 aliphatic heterocycles. The quantitative estimate of drug-likeness (QED) is 0.348. The van der Waals surface area contributed by atoms with Crippen molar-refractivity contribution in [2.45, 2.75) is 51.1 Å². The second kappa shape index (κ2) is 9.99. The molecule has 9 heteroatoms. The fourth-order valence-corrected chi connectivity index (χ4v) is 4.18. The minimum atomic E-state index is -0.767. The molecule has 0 bridgehead atoms. The number of amides is 1. The summed E-state index contributed by atoms with van der Waals surface area (Å²) < 4.78 is 14.8. The summed E-state index contributed by atoms with van der Waals surface area (Å²) in [6.45, 7) is 2.87. The third-order valence-electron chi connectivity index (χ3n) is 5.92. The highest BCUT2D eigenvalue weighted by Crippen LogP contribution is 2.31. The van der Waals surface area contributed by atoms with Gasteiger partial charge in [0.15, 0.2) is 11.6 Å². The van der Waals surface area contributed by atoms with Crippen molar-refractivity contribution >= 4 is 39.8 Å². The Morgan fingerprint density at radius 1 is 1.21 bits per heavy atom. The molecule has 1 amide bonds. The number of carbonyl (C=O) groups excluding carboxylic acids is 1. The highest BCUT2D eigenvalue weighted by atomic mass is 19.1. The van der Waals surface area contributed by atoms with Gasteiger partial charge in [-0.3, -0.25) is 9.78 Å². The number of primary amides is 1. The van der Waals surface area contributed by atoms with E-state index in [0.29, 0.717) is 5.69 Å². The van der Waals surface area contributed by atoms with Crippen LogP contribution in [0.25, 0.3) is 10.9 Å². The minimum Gasteiger partial charge on any atom is -0.383 e. The molecule has 2 aromatic heterocycles. The highest BCUT2D eigenvalue weighted by molar-refractivity contribution is 6.00. The summed E-state index contributed by atoms with van der Waals surface area (Å²) >= 11 is 0. The van der Waals surface area contributed by atoms with Crippen LogP contribution in [0.15, 0.2) is 36.5 Å². The van der Waals surface area contributed by atoms with Crippen LogP contribution in [0.2, 0.25) is 0 Å². The molecule has 33 heavy (non-hydrogen) atoms. The average Bonchev–Trinajstić information content (AvgIpc) is 2.80. The monoisotopic (exact) mass is 451 g/mol. The lowest BCUT2D eigenvalue weighted by Crippen LogP contribution is -2.43. The van der Waals surface area contributed by atoms with E-state index in [1.807, 2.05) is 24.3 Å². The molecule has 8 nitrogen and oxygen atoms in total. The van der Waals surface area contributed by atoms with Crippen molar-refractivity contribution in [2.24, 2.45) is 11.5 Å². The lowest BCUT2D eigenvalue weighted by atomic mass is 9.91. The van der Waals surface area contributed by atoms with Gasteiger partial charge >= 0.3 is 0 Å². The van der Waals surface area contributed by atoms with Crippen molar-refractivity contribution in [1.29, 1.82) is 0 Å². The van der Waals surface area contributed by atoms with Crippen LogP contribution in [-0.2, 0) is 0 Å². The first-order valence-electron chi connectivity index (χ1n) is 11.4. The number of aromatic nitrogens is 2. The molecule has 2 heterocycles. The summed E-state index contributed by atoms with van der Waals surface area (Å²) in [6, 6.07) is 8.57. The van der Waals surface area contributed by atoms with Crippen molar-refractivity contribution < 1.29 is 9.18 Å². The Labute approximate surface area is 192 Å².